The molecule has 1 aliphatic heterocycles. The highest BCUT2D eigenvalue weighted by molar-refractivity contribution is 4.71. The van der Waals surface area contributed by atoms with Crippen molar-refractivity contribution in [3.05, 3.63) is 0 Å². The van der Waals surface area contributed by atoms with Gasteiger partial charge in [0.05, 0.1) is 0 Å². The highest BCUT2D eigenvalue weighted by Gasteiger charge is 2.17. The summed E-state index contributed by atoms with van der Waals surface area (Å²) in [6, 6.07) is 1.39. The molecule has 0 spiro atoms. The molecule has 0 saturated carbocycles. The number of rotatable bonds is 8. The van der Waals surface area contributed by atoms with Crippen molar-refractivity contribution in [3.8, 4) is 0 Å². The lowest BCUT2D eigenvalue weighted by atomic mass is 10.1. The molecule has 1 aliphatic rings. The van der Waals surface area contributed by atoms with Crippen molar-refractivity contribution >= 4 is 0 Å². The van der Waals surface area contributed by atoms with Crippen LogP contribution in [0.5, 0.6) is 0 Å². The van der Waals surface area contributed by atoms with Gasteiger partial charge in [0.1, 0.15) is 0 Å². The summed E-state index contributed by atoms with van der Waals surface area (Å²) in [7, 11) is 2.27. The third-order valence-corrected chi connectivity index (χ3v) is 3.55. The first kappa shape index (κ1) is 14.9. The lowest BCUT2D eigenvalue weighted by Crippen LogP contribution is -2.37. The monoisotopic (exact) mass is 242 g/mol. The fraction of sp³-hybridized carbons (Fsp3) is 1.00. The molecule has 0 unspecified atom stereocenters. The lowest BCUT2D eigenvalue weighted by molar-refractivity contribution is 0.0426. The van der Waals surface area contributed by atoms with E-state index in [9.17, 15) is 0 Å². The maximum absolute atomic E-state index is 5.39. The maximum atomic E-state index is 5.39. The maximum Gasteiger partial charge on any atom is 0.0480 e. The van der Waals surface area contributed by atoms with E-state index >= 15 is 0 Å². The Morgan fingerprint density at radius 1 is 1.18 bits per heavy atom. The van der Waals surface area contributed by atoms with Crippen LogP contribution in [-0.4, -0.2) is 50.3 Å². The van der Waals surface area contributed by atoms with E-state index in [1.165, 1.54) is 45.2 Å². The van der Waals surface area contributed by atoms with E-state index < -0.39 is 0 Å². The highest BCUT2D eigenvalue weighted by atomic mass is 16.5. The van der Waals surface area contributed by atoms with E-state index in [0.717, 1.165) is 19.3 Å². The fourth-order valence-electron chi connectivity index (χ4n) is 2.36. The molecule has 0 aromatic rings. The zero-order valence-corrected chi connectivity index (χ0v) is 11.9. The van der Waals surface area contributed by atoms with Gasteiger partial charge in [-0.15, -0.1) is 0 Å². The minimum atomic E-state index is 0.625. The summed E-state index contributed by atoms with van der Waals surface area (Å²) in [5.41, 5.74) is 0. The van der Waals surface area contributed by atoms with Crippen molar-refractivity contribution in [2.24, 2.45) is 0 Å². The first-order valence-electron chi connectivity index (χ1n) is 7.21. The average Bonchev–Trinajstić information content (AvgIpc) is 2.34. The standard InChI is InChI=1S/C14H30N2O/c1-13(2)15-9-5-4-6-10-16(3)14-7-11-17-12-8-14/h13-15H,4-12H2,1-3H3. The van der Waals surface area contributed by atoms with Crippen molar-refractivity contribution < 1.29 is 4.74 Å². The van der Waals surface area contributed by atoms with Crippen LogP contribution < -0.4 is 5.32 Å². The molecule has 1 N–H and O–H groups in total. The number of ether oxygens (including phenoxy) is 1. The lowest BCUT2D eigenvalue weighted by Gasteiger charge is -2.31. The van der Waals surface area contributed by atoms with Crippen LogP contribution in [0.2, 0.25) is 0 Å². The number of hydrogen-bond acceptors (Lipinski definition) is 3. The molecule has 1 fully saturated rings. The molecule has 1 rings (SSSR count). The minimum Gasteiger partial charge on any atom is -0.381 e. The molecule has 0 atom stereocenters. The molecule has 0 bridgehead atoms. The molecule has 1 saturated heterocycles. The van der Waals surface area contributed by atoms with Crippen LogP contribution in [0.15, 0.2) is 0 Å². The summed E-state index contributed by atoms with van der Waals surface area (Å²) in [4.78, 5) is 2.53. The van der Waals surface area contributed by atoms with Gasteiger partial charge in [-0.1, -0.05) is 20.3 Å². The predicted molar refractivity (Wildman–Crippen MR) is 73.5 cm³/mol. The summed E-state index contributed by atoms with van der Waals surface area (Å²) in [5, 5.41) is 3.47. The zero-order valence-electron chi connectivity index (χ0n) is 11.9. The van der Waals surface area contributed by atoms with E-state index in [1.54, 1.807) is 0 Å². The van der Waals surface area contributed by atoms with Crippen LogP contribution in [0.4, 0.5) is 0 Å². The van der Waals surface area contributed by atoms with E-state index in [1.807, 2.05) is 0 Å². The molecule has 17 heavy (non-hydrogen) atoms. The Morgan fingerprint density at radius 2 is 1.88 bits per heavy atom. The summed E-state index contributed by atoms with van der Waals surface area (Å²) >= 11 is 0. The van der Waals surface area contributed by atoms with Gasteiger partial charge in [-0.05, 0) is 45.8 Å². The first-order chi connectivity index (χ1) is 8.20. The molecule has 0 radical (unpaired) electrons. The minimum absolute atomic E-state index is 0.625. The van der Waals surface area contributed by atoms with Gasteiger partial charge in [-0.25, -0.2) is 0 Å². The largest absolute Gasteiger partial charge is 0.381 e. The Labute approximate surface area is 107 Å². The average molecular weight is 242 g/mol. The molecule has 102 valence electrons. The molecule has 0 amide bonds. The smallest absolute Gasteiger partial charge is 0.0480 e. The number of nitrogens with zero attached hydrogens (tertiary/aromatic N) is 1. The van der Waals surface area contributed by atoms with Crippen LogP contribution in [0.25, 0.3) is 0 Å². The number of hydrogen-bond donors (Lipinski definition) is 1. The molecule has 0 aromatic carbocycles. The van der Waals surface area contributed by atoms with Crippen LogP contribution in [0.1, 0.15) is 46.0 Å². The number of unbranched alkanes of at least 4 members (excludes halogenated alkanes) is 2. The second kappa shape index (κ2) is 8.90. The Bertz CT molecular complexity index is 179. The molecule has 3 heteroatoms. The Balaban J connectivity index is 1.94. The first-order valence-corrected chi connectivity index (χ1v) is 7.21. The summed E-state index contributed by atoms with van der Waals surface area (Å²) in [6.45, 7) is 8.73. The van der Waals surface area contributed by atoms with Gasteiger partial charge in [0, 0.05) is 25.3 Å². The third-order valence-electron chi connectivity index (χ3n) is 3.55. The summed E-state index contributed by atoms with van der Waals surface area (Å²) in [5.74, 6) is 0. The SMILES string of the molecule is CC(C)NCCCCCN(C)C1CCOCC1. The second-order valence-corrected chi connectivity index (χ2v) is 5.49. The van der Waals surface area contributed by atoms with Crippen molar-refractivity contribution in [1.82, 2.24) is 10.2 Å². The Hall–Kier alpha value is -0.120. The van der Waals surface area contributed by atoms with E-state index in [4.69, 9.17) is 4.74 Å². The van der Waals surface area contributed by atoms with E-state index in [2.05, 4.69) is 31.1 Å². The van der Waals surface area contributed by atoms with Gasteiger partial charge in [-0.3, -0.25) is 0 Å². The van der Waals surface area contributed by atoms with Gasteiger partial charge in [0.15, 0.2) is 0 Å². The highest BCUT2D eigenvalue weighted by Crippen LogP contribution is 2.13. The van der Waals surface area contributed by atoms with Gasteiger partial charge in [0.2, 0.25) is 0 Å². The second-order valence-electron chi connectivity index (χ2n) is 5.49. The molecular formula is C14H30N2O. The topological polar surface area (TPSA) is 24.5 Å². The van der Waals surface area contributed by atoms with E-state index in [-0.39, 0.29) is 0 Å². The molecular weight excluding hydrogens is 212 g/mol. The third kappa shape index (κ3) is 7.02. The predicted octanol–water partition coefficient (Wildman–Crippen LogP) is 2.27. The van der Waals surface area contributed by atoms with Crippen LogP contribution >= 0.6 is 0 Å². The van der Waals surface area contributed by atoms with Gasteiger partial charge in [0.25, 0.3) is 0 Å². The Morgan fingerprint density at radius 3 is 2.53 bits per heavy atom. The summed E-state index contributed by atoms with van der Waals surface area (Å²) in [6.07, 6.45) is 6.40. The van der Waals surface area contributed by atoms with Crippen LogP contribution in [0.3, 0.4) is 0 Å². The molecule has 1 heterocycles. The van der Waals surface area contributed by atoms with Gasteiger partial charge >= 0.3 is 0 Å². The number of nitrogens with one attached hydrogen (secondary N) is 1. The quantitative estimate of drug-likeness (QED) is 0.661. The fourth-order valence-corrected chi connectivity index (χ4v) is 2.36. The molecule has 0 aliphatic carbocycles. The van der Waals surface area contributed by atoms with Crippen LogP contribution in [-0.2, 0) is 4.74 Å². The summed E-state index contributed by atoms with van der Waals surface area (Å²) < 4.78 is 5.39. The van der Waals surface area contributed by atoms with Crippen molar-refractivity contribution in [2.75, 3.05) is 33.4 Å². The Kier molecular flexibility index (Phi) is 7.82. The van der Waals surface area contributed by atoms with Gasteiger partial charge in [-0.2, -0.15) is 0 Å². The molecule has 0 aromatic heterocycles. The molecule has 3 nitrogen and oxygen atoms in total. The van der Waals surface area contributed by atoms with E-state index in [0.29, 0.717) is 6.04 Å². The van der Waals surface area contributed by atoms with Crippen LogP contribution in [0, 0.1) is 0 Å². The normalized spacial score (nSPS) is 18.2. The van der Waals surface area contributed by atoms with Gasteiger partial charge < -0.3 is 15.0 Å². The van der Waals surface area contributed by atoms with Crippen molar-refractivity contribution in [1.29, 1.82) is 0 Å². The zero-order chi connectivity index (χ0) is 12.5. The van der Waals surface area contributed by atoms with Crippen molar-refractivity contribution in [3.63, 3.8) is 0 Å². The van der Waals surface area contributed by atoms with Crippen molar-refractivity contribution in [2.45, 2.75) is 58.0 Å².